The molecule has 5 rings (SSSR count). The van der Waals surface area contributed by atoms with E-state index in [9.17, 15) is 4.79 Å². The Balaban J connectivity index is 1.19. The number of piperidine rings is 1. The van der Waals surface area contributed by atoms with E-state index in [1.807, 2.05) is 65.0 Å². The van der Waals surface area contributed by atoms with E-state index in [1.54, 1.807) is 0 Å². The number of carbonyl (C=O) groups excluding carboxylic acids is 1. The third kappa shape index (κ3) is 3.66. The fraction of sp³-hybridized carbons (Fsp3) is 0.391. The zero-order valence-corrected chi connectivity index (χ0v) is 17.0. The zero-order chi connectivity index (χ0) is 20.6. The maximum atomic E-state index is 12.8. The van der Waals surface area contributed by atoms with Crippen molar-refractivity contribution in [2.75, 3.05) is 26.3 Å². The lowest BCUT2D eigenvalue weighted by atomic mass is 10.0. The smallest absolute Gasteiger partial charge is 0.253 e. The Morgan fingerprint density at radius 2 is 1.87 bits per heavy atom. The highest BCUT2D eigenvalue weighted by atomic mass is 16.7. The molecule has 0 atom stereocenters. The SMILES string of the molecule is Cc1cccn2cc(COc3ccc(C(=O)N4CCC5(CC4)OCCO5)cc3)nc12. The molecule has 2 fully saturated rings. The van der Waals surface area contributed by atoms with E-state index in [2.05, 4.69) is 4.98 Å². The molecule has 1 aromatic carbocycles. The second kappa shape index (κ2) is 7.74. The predicted molar refractivity (Wildman–Crippen MR) is 110 cm³/mol. The van der Waals surface area contributed by atoms with Crippen molar-refractivity contribution in [2.45, 2.75) is 32.2 Å². The first-order valence-electron chi connectivity index (χ1n) is 10.4. The molecule has 2 saturated heterocycles. The number of likely N-dealkylation sites (tertiary alicyclic amines) is 1. The predicted octanol–water partition coefficient (Wildman–Crippen LogP) is 3.20. The van der Waals surface area contributed by atoms with Gasteiger partial charge in [-0.25, -0.2) is 4.98 Å². The molecule has 4 heterocycles. The number of aromatic nitrogens is 2. The molecule has 0 bridgehead atoms. The van der Waals surface area contributed by atoms with Crippen LogP contribution in [0, 0.1) is 6.92 Å². The van der Waals surface area contributed by atoms with Gasteiger partial charge < -0.3 is 23.5 Å². The van der Waals surface area contributed by atoms with Gasteiger partial charge in [0.15, 0.2) is 5.79 Å². The van der Waals surface area contributed by atoms with E-state index >= 15 is 0 Å². The van der Waals surface area contributed by atoms with Crippen LogP contribution in [0.4, 0.5) is 0 Å². The number of aryl methyl sites for hydroxylation is 1. The van der Waals surface area contributed by atoms with Crippen LogP contribution < -0.4 is 4.74 Å². The van der Waals surface area contributed by atoms with Crippen LogP contribution in [0.15, 0.2) is 48.8 Å². The summed E-state index contributed by atoms with van der Waals surface area (Å²) >= 11 is 0. The van der Waals surface area contributed by atoms with Gasteiger partial charge in [-0.3, -0.25) is 4.79 Å². The summed E-state index contributed by atoms with van der Waals surface area (Å²) in [6.07, 6.45) is 5.39. The van der Waals surface area contributed by atoms with Crippen LogP contribution >= 0.6 is 0 Å². The van der Waals surface area contributed by atoms with E-state index in [4.69, 9.17) is 14.2 Å². The van der Waals surface area contributed by atoms with Crippen molar-refractivity contribution >= 4 is 11.6 Å². The summed E-state index contributed by atoms with van der Waals surface area (Å²) in [5.41, 5.74) is 3.59. The number of nitrogens with zero attached hydrogens (tertiary/aromatic N) is 3. The van der Waals surface area contributed by atoms with Crippen molar-refractivity contribution in [1.29, 1.82) is 0 Å². The van der Waals surface area contributed by atoms with Crippen LogP contribution in [0.5, 0.6) is 5.75 Å². The second-order valence-corrected chi connectivity index (χ2v) is 7.87. The van der Waals surface area contributed by atoms with E-state index < -0.39 is 5.79 Å². The first kappa shape index (κ1) is 19.1. The highest BCUT2D eigenvalue weighted by Gasteiger charge is 2.40. The summed E-state index contributed by atoms with van der Waals surface area (Å²) in [4.78, 5) is 19.3. The summed E-state index contributed by atoms with van der Waals surface area (Å²) in [7, 11) is 0. The number of benzene rings is 1. The van der Waals surface area contributed by atoms with Gasteiger partial charge in [0.1, 0.15) is 18.0 Å². The number of fused-ring (bicyclic) bond motifs is 1. The van der Waals surface area contributed by atoms with Crippen molar-refractivity contribution in [3.05, 3.63) is 65.6 Å². The highest BCUT2D eigenvalue weighted by Crippen LogP contribution is 2.31. The van der Waals surface area contributed by atoms with Gasteiger partial charge in [0.25, 0.3) is 5.91 Å². The largest absolute Gasteiger partial charge is 0.487 e. The minimum Gasteiger partial charge on any atom is -0.487 e. The summed E-state index contributed by atoms with van der Waals surface area (Å²) in [6.45, 7) is 4.99. The van der Waals surface area contributed by atoms with Gasteiger partial charge in [-0.05, 0) is 42.8 Å². The lowest BCUT2D eigenvalue weighted by molar-refractivity contribution is -0.181. The van der Waals surface area contributed by atoms with Crippen LogP contribution in [0.1, 0.15) is 34.5 Å². The van der Waals surface area contributed by atoms with Crippen LogP contribution in [-0.4, -0.2) is 52.3 Å². The van der Waals surface area contributed by atoms with E-state index in [0.29, 0.717) is 44.2 Å². The summed E-state index contributed by atoms with van der Waals surface area (Å²) in [5.74, 6) is 0.279. The van der Waals surface area contributed by atoms with Gasteiger partial charge in [0.05, 0.1) is 18.9 Å². The molecule has 2 aliphatic rings. The molecule has 156 valence electrons. The van der Waals surface area contributed by atoms with Crippen LogP contribution in [0.25, 0.3) is 5.65 Å². The van der Waals surface area contributed by atoms with Crippen LogP contribution in [-0.2, 0) is 16.1 Å². The third-order valence-corrected chi connectivity index (χ3v) is 5.84. The average molecular weight is 407 g/mol. The van der Waals surface area contributed by atoms with Crippen molar-refractivity contribution in [3.63, 3.8) is 0 Å². The summed E-state index contributed by atoms with van der Waals surface area (Å²) in [6, 6.07) is 11.3. The molecule has 30 heavy (non-hydrogen) atoms. The molecule has 7 nitrogen and oxygen atoms in total. The van der Waals surface area contributed by atoms with E-state index in [1.165, 1.54) is 0 Å². The van der Waals surface area contributed by atoms with Crippen molar-refractivity contribution in [3.8, 4) is 5.75 Å². The van der Waals surface area contributed by atoms with Crippen LogP contribution in [0.3, 0.4) is 0 Å². The van der Waals surface area contributed by atoms with Crippen molar-refractivity contribution < 1.29 is 19.0 Å². The maximum absolute atomic E-state index is 12.8. The molecular weight excluding hydrogens is 382 g/mol. The molecule has 2 aliphatic heterocycles. The van der Waals surface area contributed by atoms with Gasteiger partial charge in [-0.15, -0.1) is 0 Å². The summed E-state index contributed by atoms with van der Waals surface area (Å²) < 4.78 is 19.3. The third-order valence-electron chi connectivity index (χ3n) is 5.84. The normalized spacial score (nSPS) is 18.2. The number of imidazole rings is 1. The number of hydrogen-bond acceptors (Lipinski definition) is 5. The molecule has 2 aromatic heterocycles. The Morgan fingerprint density at radius 1 is 1.13 bits per heavy atom. The number of ether oxygens (including phenoxy) is 3. The molecule has 0 radical (unpaired) electrons. The fourth-order valence-corrected chi connectivity index (χ4v) is 4.14. The number of amides is 1. The number of pyridine rings is 1. The van der Waals surface area contributed by atoms with Gasteiger partial charge in [0, 0.05) is 43.9 Å². The standard InChI is InChI=1S/C23H25N3O4/c1-17-3-2-10-26-15-19(24-21(17)26)16-28-20-6-4-18(5-7-20)22(27)25-11-8-23(9-12-25)29-13-14-30-23/h2-7,10,15H,8-9,11-14,16H2,1H3. The van der Waals surface area contributed by atoms with Crippen molar-refractivity contribution in [1.82, 2.24) is 14.3 Å². The van der Waals surface area contributed by atoms with E-state index in [-0.39, 0.29) is 5.91 Å². The number of rotatable bonds is 4. The second-order valence-electron chi connectivity index (χ2n) is 7.87. The van der Waals surface area contributed by atoms with Gasteiger partial charge in [-0.2, -0.15) is 0 Å². The Hall–Kier alpha value is -2.90. The minimum atomic E-state index is -0.467. The number of carbonyl (C=O) groups is 1. The summed E-state index contributed by atoms with van der Waals surface area (Å²) in [5, 5.41) is 0. The molecule has 1 amide bonds. The quantitative estimate of drug-likeness (QED) is 0.665. The zero-order valence-electron chi connectivity index (χ0n) is 17.0. The Bertz CT molecular complexity index is 1040. The van der Waals surface area contributed by atoms with Gasteiger partial charge >= 0.3 is 0 Å². The highest BCUT2D eigenvalue weighted by molar-refractivity contribution is 5.94. The molecule has 0 aliphatic carbocycles. The first-order valence-corrected chi connectivity index (χ1v) is 10.4. The molecular formula is C23H25N3O4. The average Bonchev–Trinajstić information content (AvgIpc) is 3.41. The molecule has 7 heteroatoms. The molecule has 0 saturated carbocycles. The molecule has 1 spiro atoms. The topological polar surface area (TPSA) is 65.3 Å². The molecule has 0 unspecified atom stereocenters. The van der Waals surface area contributed by atoms with Gasteiger partial charge in [0.2, 0.25) is 0 Å². The lowest BCUT2D eigenvalue weighted by Crippen LogP contribution is -2.47. The van der Waals surface area contributed by atoms with Gasteiger partial charge in [-0.1, -0.05) is 6.07 Å². The van der Waals surface area contributed by atoms with Crippen LogP contribution in [0.2, 0.25) is 0 Å². The Kier molecular flexibility index (Phi) is 4.92. The monoisotopic (exact) mass is 407 g/mol. The fourth-order valence-electron chi connectivity index (χ4n) is 4.14. The molecule has 3 aromatic rings. The Morgan fingerprint density at radius 3 is 2.57 bits per heavy atom. The first-order chi connectivity index (χ1) is 14.6. The minimum absolute atomic E-state index is 0.0326. The van der Waals surface area contributed by atoms with Crippen molar-refractivity contribution in [2.24, 2.45) is 0 Å². The van der Waals surface area contributed by atoms with E-state index in [0.717, 1.165) is 29.7 Å². The number of hydrogen-bond donors (Lipinski definition) is 0. The lowest BCUT2D eigenvalue weighted by Gasteiger charge is -2.37. The maximum Gasteiger partial charge on any atom is 0.253 e. The molecule has 0 N–H and O–H groups in total. The Labute approximate surface area is 175 Å².